The van der Waals surface area contributed by atoms with Crippen molar-refractivity contribution in [2.75, 3.05) is 0 Å². The highest BCUT2D eigenvalue weighted by atomic mass is 28.4. The summed E-state index contributed by atoms with van der Waals surface area (Å²) in [5, 5.41) is 2.65. The minimum absolute atomic E-state index is 0.238. The molecule has 0 radical (unpaired) electrons. The topological polar surface area (TPSA) is 9.23 Å². The zero-order valence-corrected chi connectivity index (χ0v) is 12.3. The molecule has 1 nitrogen and oxygen atoms in total. The van der Waals surface area contributed by atoms with Crippen molar-refractivity contribution in [2.24, 2.45) is 0 Å². The Morgan fingerprint density at radius 3 is 1.50 bits per heavy atom. The van der Waals surface area contributed by atoms with Gasteiger partial charge in [-0.25, -0.2) is 0 Å². The van der Waals surface area contributed by atoms with Crippen molar-refractivity contribution >= 4 is 18.7 Å². The van der Waals surface area contributed by atoms with Crippen LogP contribution in [-0.2, 0) is 4.43 Å². The second-order valence-corrected chi connectivity index (χ2v) is 8.39. The molecule has 2 aromatic rings. The molecule has 0 saturated carbocycles. The van der Waals surface area contributed by atoms with E-state index in [0.717, 1.165) is 0 Å². The van der Waals surface area contributed by atoms with Crippen LogP contribution in [0.2, 0.25) is 6.55 Å². The molecule has 0 N–H and O–H groups in total. The van der Waals surface area contributed by atoms with Crippen LogP contribution in [-0.4, -0.2) is 14.4 Å². The second-order valence-electron chi connectivity index (χ2n) is 4.93. The van der Waals surface area contributed by atoms with Crippen molar-refractivity contribution in [1.29, 1.82) is 0 Å². The monoisotopic (exact) mass is 256 g/mol. The van der Waals surface area contributed by atoms with Gasteiger partial charge in [0, 0.05) is 6.10 Å². The predicted octanol–water partition coefficient (Wildman–Crippen LogP) is 2.80. The Labute approximate surface area is 111 Å². The quantitative estimate of drug-likeness (QED) is 0.764. The molecule has 0 spiro atoms. The molecule has 0 saturated heterocycles. The van der Waals surface area contributed by atoms with E-state index in [0.29, 0.717) is 0 Å². The summed E-state index contributed by atoms with van der Waals surface area (Å²) < 4.78 is 6.35. The van der Waals surface area contributed by atoms with Gasteiger partial charge in [0.2, 0.25) is 0 Å². The maximum absolute atomic E-state index is 6.35. The Balaban J connectivity index is 2.48. The first-order chi connectivity index (χ1) is 8.63. The van der Waals surface area contributed by atoms with Crippen LogP contribution in [0.15, 0.2) is 60.7 Å². The van der Waals surface area contributed by atoms with E-state index in [1.54, 1.807) is 0 Å². The standard InChI is InChI=1S/C16H20OSi/c1-14(2)17-18(3,15-10-6-4-7-11-15)16-12-8-5-9-13-16/h4-14H,1-3H3. The van der Waals surface area contributed by atoms with Crippen molar-refractivity contribution in [3.8, 4) is 0 Å². The molecular weight excluding hydrogens is 236 g/mol. The molecule has 0 fully saturated rings. The Kier molecular flexibility index (Phi) is 3.99. The smallest absolute Gasteiger partial charge is 0.253 e. The van der Waals surface area contributed by atoms with E-state index in [4.69, 9.17) is 4.43 Å². The molecule has 0 heterocycles. The Hall–Kier alpha value is -1.38. The van der Waals surface area contributed by atoms with Crippen molar-refractivity contribution in [3.63, 3.8) is 0 Å². The molecule has 0 aliphatic heterocycles. The summed E-state index contributed by atoms with van der Waals surface area (Å²) >= 11 is 0. The fourth-order valence-electron chi connectivity index (χ4n) is 2.29. The van der Waals surface area contributed by atoms with Crippen molar-refractivity contribution < 1.29 is 4.43 Å². The largest absolute Gasteiger partial charge is 0.406 e. The fourth-order valence-corrected chi connectivity index (χ4v) is 5.49. The van der Waals surface area contributed by atoms with Crippen LogP contribution in [0.3, 0.4) is 0 Å². The lowest BCUT2D eigenvalue weighted by molar-refractivity contribution is 0.242. The number of rotatable bonds is 4. The number of hydrogen-bond acceptors (Lipinski definition) is 1. The van der Waals surface area contributed by atoms with E-state index in [-0.39, 0.29) is 6.10 Å². The highest BCUT2D eigenvalue weighted by molar-refractivity contribution is 6.96. The normalized spacial score (nSPS) is 11.8. The molecule has 94 valence electrons. The van der Waals surface area contributed by atoms with Crippen LogP contribution in [0, 0.1) is 0 Å². The zero-order chi connectivity index (χ0) is 13.0. The molecule has 0 aromatic heterocycles. The molecule has 2 rings (SSSR count). The van der Waals surface area contributed by atoms with Gasteiger partial charge < -0.3 is 4.43 Å². The van der Waals surface area contributed by atoms with Gasteiger partial charge in [0.05, 0.1) is 0 Å². The summed E-state index contributed by atoms with van der Waals surface area (Å²) in [6.07, 6.45) is 0.238. The average molecular weight is 256 g/mol. The molecular formula is C16H20OSi. The van der Waals surface area contributed by atoms with Crippen LogP contribution in [0.4, 0.5) is 0 Å². The molecule has 0 amide bonds. The number of benzene rings is 2. The van der Waals surface area contributed by atoms with Crippen LogP contribution in [0.25, 0.3) is 0 Å². The van der Waals surface area contributed by atoms with Crippen molar-refractivity contribution in [2.45, 2.75) is 26.5 Å². The second kappa shape index (κ2) is 5.51. The first-order valence-electron chi connectivity index (χ1n) is 6.42. The lowest BCUT2D eigenvalue weighted by atomic mass is 10.4. The van der Waals surface area contributed by atoms with Gasteiger partial charge in [-0.2, -0.15) is 0 Å². The molecule has 0 bridgehead atoms. The Morgan fingerprint density at radius 2 is 1.17 bits per heavy atom. The van der Waals surface area contributed by atoms with Gasteiger partial charge in [0.1, 0.15) is 0 Å². The summed E-state index contributed by atoms with van der Waals surface area (Å²) in [5.74, 6) is 0. The number of hydrogen-bond donors (Lipinski definition) is 0. The zero-order valence-electron chi connectivity index (χ0n) is 11.3. The van der Waals surface area contributed by atoms with E-state index in [1.807, 2.05) is 0 Å². The summed E-state index contributed by atoms with van der Waals surface area (Å²) in [4.78, 5) is 0. The fraction of sp³-hybridized carbons (Fsp3) is 0.250. The molecule has 2 heteroatoms. The maximum atomic E-state index is 6.35. The summed E-state index contributed by atoms with van der Waals surface area (Å²) in [7, 11) is -2.06. The lowest BCUT2D eigenvalue weighted by Crippen LogP contribution is -2.59. The lowest BCUT2D eigenvalue weighted by Gasteiger charge is -2.30. The van der Waals surface area contributed by atoms with Crippen molar-refractivity contribution in [3.05, 3.63) is 60.7 Å². The van der Waals surface area contributed by atoms with E-state index in [1.165, 1.54) is 10.4 Å². The molecule has 2 aromatic carbocycles. The molecule has 0 aliphatic carbocycles. The minimum atomic E-state index is -2.06. The van der Waals surface area contributed by atoms with Gasteiger partial charge in [-0.1, -0.05) is 60.7 Å². The third-order valence-electron chi connectivity index (χ3n) is 3.12. The van der Waals surface area contributed by atoms with Gasteiger partial charge in [-0.05, 0) is 30.8 Å². The van der Waals surface area contributed by atoms with Gasteiger partial charge in [0.25, 0.3) is 8.32 Å². The summed E-state index contributed by atoms with van der Waals surface area (Å²) in [6, 6.07) is 21.2. The average Bonchev–Trinajstić information content (AvgIpc) is 2.40. The van der Waals surface area contributed by atoms with Gasteiger partial charge in [-0.3, -0.25) is 0 Å². The van der Waals surface area contributed by atoms with Crippen LogP contribution in [0.1, 0.15) is 13.8 Å². The predicted molar refractivity (Wildman–Crippen MR) is 80.0 cm³/mol. The first-order valence-corrected chi connectivity index (χ1v) is 8.82. The van der Waals surface area contributed by atoms with E-state index < -0.39 is 8.32 Å². The first kappa shape index (κ1) is 13.1. The van der Waals surface area contributed by atoms with Gasteiger partial charge in [0.15, 0.2) is 0 Å². The highest BCUT2D eigenvalue weighted by Crippen LogP contribution is 2.10. The van der Waals surface area contributed by atoms with Gasteiger partial charge >= 0.3 is 0 Å². The van der Waals surface area contributed by atoms with E-state index in [9.17, 15) is 0 Å². The third kappa shape index (κ3) is 2.71. The van der Waals surface area contributed by atoms with Crippen LogP contribution >= 0.6 is 0 Å². The minimum Gasteiger partial charge on any atom is -0.406 e. The Bertz CT molecular complexity index is 439. The summed E-state index contributed by atoms with van der Waals surface area (Å²) in [6.45, 7) is 6.49. The maximum Gasteiger partial charge on any atom is 0.253 e. The van der Waals surface area contributed by atoms with E-state index in [2.05, 4.69) is 81.1 Å². The molecule has 0 atom stereocenters. The molecule has 0 aliphatic rings. The Morgan fingerprint density at radius 1 is 0.778 bits per heavy atom. The highest BCUT2D eigenvalue weighted by Gasteiger charge is 2.34. The SMILES string of the molecule is CC(C)O[Si](C)(c1ccccc1)c1ccccc1. The molecule has 0 unspecified atom stereocenters. The molecule has 18 heavy (non-hydrogen) atoms. The van der Waals surface area contributed by atoms with Crippen LogP contribution in [0.5, 0.6) is 0 Å². The van der Waals surface area contributed by atoms with Gasteiger partial charge in [-0.15, -0.1) is 0 Å². The van der Waals surface area contributed by atoms with E-state index >= 15 is 0 Å². The van der Waals surface area contributed by atoms with Crippen LogP contribution < -0.4 is 10.4 Å². The van der Waals surface area contributed by atoms with Crippen molar-refractivity contribution in [1.82, 2.24) is 0 Å². The third-order valence-corrected chi connectivity index (χ3v) is 6.93. The summed E-state index contributed by atoms with van der Waals surface area (Å²) in [5.41, 5.74) is 0.